The van der Waals surface area contributed by atoms with Gasteiger partial charge in [0.15, 0.2) is 12.6 Å². The molecule has 4 nitrogen and oxygen atoms in total. The van der Waals surface area contributed by atoms with E-state index in [2.05, 4.69) is 20.4 Å². The number of ether oxygens (including phenoxy) is 1. The molecule has 0 aliphatic heterocycles. The van der Waals surface area contributed by atoms with Gasteiger partial charge in [0.25, 0.3) is 0 Å². The average molecular weight is 371 g/mol. The molecule has 0 radical (unpaired) electrons. The summed E-state index contributed by atoms with van der Waals surface area (Å²) in [5, 5.41) is 10.4. The number of alkyl halides is 3. The van der Waals surface area contributed by atoms with Gasteiger partial charge in [0.05, 0.1) is 6.54 Å². The first-order valence-electron chi connectivity index (χ1n) is 7.78. The quantitative estimate of drug-likeness (QED) is 0.572. The van der Waals surface area contributed by atoms with Crippen molar-refractivity contribution in [3.8, 4) is 5.75 Å². The van der Waals surface area contributed by atoms with Gasteiger partial charge in [0.1, 0.15) is 5.75 Å². The fourth-order valence-corrected chi connectivity index (χ4v) is 2.61. The lowest BCUT2D eigenvalue weighted by atomic mass is 10.2. The molecular formula is C17H20F3N3OS. The van der Waals surface area contributed by atoms with Gasteiger partial charge in [-0.15, -0.1) is 0 Å². The number of rotatable bonds is 7. The normalized spacial score (nSPS) is 12.1. The highest BCUT2D eigenvalue weighted by molar-refractivity contribution is 7.07. The third-order valence-corrected chi connectivity index (χ3v) is 3.86. The van der Waals surface area contributed by atoms with Gasteiger partial charge in [-0.25, -0.2) is 4.99 Å². The summed E-state index contributed by atoms with van der Waals surface area (Å²) in [7, 11) is 0. The van der Waals surface area contributed by atoms with E-state index < -0.39 is 12.8 Å². The molecule has 0 fully saturated rings. The summed E-state index contributed by atoms with van der Waals surface area (Å²) in [4.78, 5) is 4.50. The number of halogens is 3. The predicted molar refractivity (Wildman–Crippen MR) is 94.0 cm³/mol. The number of guanidine groups is 1. The molecule has 0 aliphatic rings. The third kappa shape index (κ3) is 7.47. The van der Waals surface area contributed by atoms with Crippen LogP contribution in [0.5, 0.6) is 5.75 Å². The van der Waals surface area contributed by atoms with Crippen LogP contribution in [0.15, 0.2) is 46.1 Å². The van der Waals surface area contributed by atoms with Crippen molar-refractivity contribution >= 4 is 17.3 Å². The van der Waals surface area contributed by atoms with Crippen molar-refractivity contribution in [3.63, 3.8) is 0 Å². The van der Waals surface area contributed by atoms with Crippen LogP contribution >= 0.6 is 11.3 Å². The molecule has 8 heteroatoms. The number of hydrogen-bond acceptors (Lipinski definition) is 3. The minimum Gasteiger partial charge on any atom is -0.484 e. The van der Waals surface area contributed by atoms with Crippen LogP contribution in [-0.2, 0) is 13.1 Å². The first-order chi connectivity index (χ1) is 12.0. The van der Waals surface area contributed by atoms with Gasteiger partial charge >= 0.3 is 6.18 Å². The van der Waals surface area contributed by atoms with Gasteiger partial charge in [-0.05, 0) is 47.0 Å². The third-order valence-electron chi connectivity index (χ3n) is 3.13. The molecule has 1 aromatic heterocycles. The molecule has 0 saturated carbocycles. The SMILES string of the molecule is CCNC(=NCc1ccsc1)NCc1ccc(OCC(F)(F)F)cc1. The molecule has 2 N–H and O–H groups in total. The molecule has 136 valence electrons. The van der Waals surface area contributed by atoms with Crippen molar-refractivity contribution in [2.45, 2.75) is 26.2 Å². The maximum atomic E-state index is 12.1. The van der Waals surface area contributed by atoms with Gasteiger partial charge in [-0.2, -0.15) is 24.5 Å². The summed E-state index contributed by atoms with van der Waals surface area (Å²) in [5.41, 5.74) is 2.06. The van der Waals surface area contributed by atoms with Crippen molar-refractivity contribution < 1.29 is 17.9 Å². The minimum atomic E-state index is -4.33. The highest BCUT2D eigenvalue weighted by Gasteiger charge is 2.28. The van der Waals surface area contributed by atoms with Crippen molar-refractivity contribution in [2.75, 3.05) is 13.2 Å². The van der Waals surface area contributed by atoms with E-state index in [9.17, 15) is 13.2 Å². The summed E-state index contributed by atoms with van der Waals surface area (Å²) >= 11 is 1.63. The lowest BCUT2D eigenvalue weighted by Gasteiger charge is -2.12. The van der Waals surface area contributed by atoms with Gasteiger partial charge in [-0.1, -0.05) is 12.1 Å². The lowest BCUT2D eigenvalue weighted by molar-refractivity contribution is -0.153. The highest BCUT2D eigenvalue weighted by atomic mass is 32.1. The molecule has 0 aliphatic carbocycles. The van der Waals surface area contributed by atoms with Gasteiger partial charge in [0, 0.05) is 13.1 Å². The summed E-state index contributed by atoms with van der Waals surface area (Å²) in [6.07, 6.45) is -4.33. The molecular weight excluding hydrogens is 351 g/mol. The first kappa shape index (κ1) is 19.1. The van der Waals surface area contributed by atoms with E-state index in [4.69, 9.17) is 0 Å². The zero-order chi connectivity index (χ0) is 18.1. The number of nitrogens with zero attached hydrogens (tertiary/aromatic N) is 1. The van der Waals surface area contributed by atoms with E-state index >= 15 is 0 Å². The van der Waals surface area contributed by atoms with E-state index in [1.54, 1.807) is 23.5 Å². The predicted octanol–water partition coefficient (Wildman–Crippen LogP) is 3.94. The molecule has 0 saturated heterocycles. The summed E-state index contributed by atoms with van der Waals surface area (Å²) < 4.78 is 41.1. The minimum absolute atomic E-state index is 0.194. The Morgan fingerprint density at radius 1 is 1.12 bits per heavy atom. The van der Waals surface area contributed by atoms with Crippen molar-refractivity contribution in [2.24, 2.45) is 4.99 Å². The summed E-state index contributed by atoms with van der Waals surface area (Å²) in [6, 6.07) is 8.52. The van der Waals surface area contributed by atoms with E-state index in [1.165, 1.54) is 12.1 Å². The van der Waals surface area contributed by atoms with Crippen LogP contribution in [-0.4, -0.2) is 25.3 Å². The van der Waals surface area contributed by atoms with Crippen molar-refractivity contribution in [1.29, 1.82) is 0 Å². The summed E-state index contributed by atoms with van der Waals surface area (Å²) in [5.74, 6) is 0.880. The zero-order valence-corrected chi connectivity index (χ0v) is 14.6. The van der Waals surface area contributed by atoms with Crippen LogP contribution in [0.4, 0.5) is 13.2 Å². The number of hydrogen-bond donors (Lipinski definition) is 2. The maximum absolute atomic E-state index is 12.1. The van der Waals surface area contributed by atoms with Gasteiger partial charge < -0.3 is 15.4 Å². The molecule has 0 unspecified atom stereocenters. The lowest BCUT2D eigenvalue weighted by Crippen LogP contribution is -2.36. The number of benzene rings is 1. The second kappa shape index (κ2) is 9.31. The number of aliphatic imine (C=N–C) groups is 1. The monoisotopic (exact) mass is 371 g/mol. The molecule has 0 spiro atoms. The number of nitrogens with one attached hydrogen (secondary N) is 2. The van der Waals surface area contributed by atoms with E-state index in [-0.39, 0.29) is 5.75 Å². The Hall–Kier alpha value is -2.22. The Bertz CT molecular complexity index is 655. The van der Waals surface area contributed by atoms with E-state index in [1.807, 2.05) is 23.8 Å². The highest BCUT2D eigenvalue weighted by Crippen LogP contribution is 2.18. The average Bonchev–Trinajstić information content (AvgIpc) is 3.09. The maximum Gasteiger partial charge on any atom is 0.422 e. The van der Waals surface area contributed by atoms with Crippen LogP contribution < -0.4 is 15.4 Å². The molecule has 1 heterocycles. The number of thiophene rings is 1. The fourth-order valence-electron chi connectivity index (χ4n) is 1.95. The topological polar surface area (TPSA) is 45.7 Å². The van der Waals surface area contributed by atoms with Crippen LogP contribution in [0, 0.1) is 0 Å². The standard InChI is InChI=1S/C17H20F3N3OS/c1-2-21-16(23-10-14-7-8-25-11-14)22-9-13-3-5-15(6-4-13)24-12-17(18,19)20/h3-8,11H,2,9-10,12H2,1H3,(H2,21,22,23). The summed E-state index contributed by atoms with van der Waals surface area (Å²) in [6.45, 7) is 2.52. The Balaban J connectivity index is 1.86. The Labute approximate surface area is 148 Å². The molecule has 2 aromatic rings. The Morgan fingerprint density at radius 2 is 1.88 bits per heavy atom. The second-order valence-electron chi connectivity index (χ2n) is 5.23. The van der Waals surface area contributed by atoms with Crippen LogP contribution in [0.25, 0.3) is 0 Å². The van der Waals surface area contributed by atoms with Crippen molar-refractivity contribution in [1.82, 2.24) is 10.6 Å². The van der Waals surface area contributed by atoms with Gasteiger partial charge in [0.2, 0.25) is 0 Å². The van der Waals surface area contributed by atoms with Crippen molar-refractivity contribution in [3.05, 3.63) is 52.2 Å². The molecule has 0 amide bonds. The fraction of sp³-hybridized carbons (Fsp3) is 0.353. The molecule has 1 aromatic carbocycles. The Kier molecular flexibility index (Phi) is 7.12. The molecule has 25 heavy (non-hydrogen) atoms. The Morgan fingerprint density at radius 3 is 2.48 bits per heavy atom. The molecule has 2 rings (SSSR count). The van der Waals surface area contributed by atoms with Crippen LogP contribution in [0.2, 0.25) is 0 Å². The van der Waals surface area contributed by atoms with Crippen LogP contribution in [0.1, 0.15) is 18.1 Å². The largest absolute Gasteiger partial charge is 0.484 e. The van der Waals surface area contributed by atoms with Crippen LogP contribution in [0.3, 0.4) is 0 Å². The zero-order valence-electron chi connectivity index (χ0n) is 13.8. The van der Waals surface area contributed by atoms with Gasteiger partial charge in [-0.3, -0.25) is 0 Å². The molecule has 0 bridgehead atoms. The first-order valence-corrected chi connectivity index (χ1v) is 8.72. The van der Waals surface area contributed by atoms with E-state index in [0.717, 1.165) is 17.7 Å². The smallest absolute Gasteiger partial charge is 0.422 e. The molecule has 0 atom stereocenters. The van der Waals surface area contributed by atoms with E-state index in [0.29, 0.717) is 19.0 Å². The second-order valence-corrected chi connectivity index (χ2v) is 6.01.